The van der Waals surface area contributed by atoms with Crippen molar-refractivity contribution in [2.75, 3.05) is 18.0 Å². The van der Waals surface area contributed by atoms with Crippen LogP contribution >= 0.6 is 12.4 Å². The average Bonchev–Trinajstić information content (AvgIpc) is 2.88. The lowest BCUT2D eigenvalue weighted by atomic mass is 10.1. The van der Waals surface area contributed by atoms with Crippen molar-refractivity contribution in [3.63, 3.8) is 0 Å². The molecule has 1 aromatic rings. The minimum absolute atomic E-state index is 0. The maximum absolute atomic E-state index is 12.5. The van der Waals surface area contributed by atoms with Crippen molar-refractivity contribution in [2.24, 2.45) is 5.73 Å². The van der Waals surface area contributed by atoms with Crippen molar-refractivity contribution in [1.29, 1.82) is 0 Å². The molecule has 1 aliphatic heterocycles. The van der Waals surface area contributed by atoms with Gasteiger partial charge in [0.05, 0.1) is 6.10 Å². The molecule has 1 heterocycles. The average molecular weight is 299 g/mol. The highest BCUT2D eigenvalue weighted by atomic mass is 35.5. The number of carbonyl (C=O) groups is 1. The Morgan fingerprint density at radius 1 is 1.45 bits per heavy atom. The number of rotatable bonds is 4. The Morgan fingerprint density at radius 2 is 2.20 bits per heavy atom. The van der Waals surface area contributed by atoms with Gasteiger partial charge in [-0.15, -0.1) is 12.4 Å². The van der Waals surface area contributed by atoms with Crippen LogP contribution < -0.4 is 10.6 Å². The minimum Gasteiger partial charge on any atom is -0.364 e. The number of nitrogens with two attached hydrogens (primary N) is 1. The number of aryl methyl sites for hydroxylation is 1. The number of anilines is 1. The van der Waals surface area contributed by atoms with E-state index in [1.54, 1.807) is 4.90 Å². The van der Waals surface area contributed by atoms with E-state index in [2.05, 4.69) is 0 Å². The molecule has 0 bridgehead atoms. The van der Waals surface area contributed by atoms with E-state index in [0.29, 0.717) is 13.1 Å². The number of carbonyl (C=O) groups excluding carboxylic acids is 1. The zero-order valence-electron chi connectivity index (χ0n) is 12.0. The third-order valence-corrected chi connectivity index (χ3v) is 3.54. The number of nitrogens with zero attached hydrogens (tertiary/aromatic N) is 1. The first-order valence-corrected chi connectivity index (χ1v) is 6.89. The molecule has 20 heavy (non-hydrogen) atoms. The van der Waals surface area contributed by atoms with Gasteiger partial charge in [-0.25, -0.2) is 0 Å². The van der Waals surface area contributed by atoms with Gasteiger partial charge in [-0.05, 0) is 44.4 Å². The van der Waals surface area contributed by atoms with E-state index in [9.17, 15) is 4.79 Å². The fraction of sp³-hybridized carbons (Fsp3) is 0.533. The van der Waals surface area contributed by atoms with Crippen LogP contribution in [0.4, 0.5) is 5.69 Å². The first-order chi connectivity index (χ1) is 9.15. The Morgan fingerprint density at radius 3 is 2.75 bits per heavy atom. The number of likely N-dealkylation sites (N-methyl/N-ethyl adjacent to an activating group) is 1. The Balaban J connectivity index is 0.00000200. The summed E-state index contributed by atoms with van der Waals surface area (Å²) in [6, 6.07) is 7.98. The van der Waals surface area contributed by atoms with Gasteiger partial charge < -0.3 is 15.4 Å². The molecule has 1 amide bonds. The topological polar surface area (TPSA) is 55.6 Å². The van der Waals surface area contributed by atoms with Gasteiger partial charge in [0.15, 0.2) is 0 Å². The van der Waals surface area contributed by atoms with Crippen LogP contribution in [0.25, 0.3) is 0 Å². The van der Waals surface area contributed by atoms with E-state index in [0.717, 1.165) is 24.1 Å². The SMILES string of the molecule is CCN(C(=O)[C@@H]1CC[C@H](CN)O1)c1cccc(C)c1.Cl. The molecule has 112 valence electrons. The largest absolute Gasteiger partial charge is 0.364 e. The molecule has 0 saturated carbocycles. The quantitative estimate of drug-likeness (QED) is 0.928. The number of ether oxygens (including phenoxy) is 1. The maximum Gasteiger partial charge on any atom is 0.256 e. The smallest absolute Gasteiger partial charge is 0.256 e. The van der Waals surface area contributed by atoms with Crippen LogP contribution in [0.1, 0.15) is 25.3 Å². The van der Waals surface area contributed by atoms with Gasteiger partial charge in [0.25, 0.3) is 5.91 Å². The molecule has 2 rings (SSSR count). The first kappa shape index (κ1) is 17.0. The predicted octanol–water partition coefficient (Wildman–Crippen LogP) is 2.28. The van der Waals surface area contributed by atoms with Crippen molar-refractivity contribution < 1.29 is 9.53 Å². The molecule has 2 atom stereocenters. The van der Waals surface area contributed by atoms with Crippen molar-refractivity contribution >= 4 is 24.0 Å². The Bertz CT molecular complexity index is 453. The van der Waals surface area contributed by atoms with E-state index in [1.807, 2.05) is 38.1 Å². The number of hydrogen-bond donors (Lipinski definition) is 1. The molecule has 1 aliphatic rings. The van der Waals surface area contributed by atoms with Crippen LogP contribution in [-0.4, -0.2) is 31.2 Å². The molecule has 0 unspecified atom stereocenters. The van der Waals surface area contributed by atoms with Crippen molar-refractivity contribution in [3.05, 3.63) is 29.8 Å². The van der Waals surface area contributed by atoms with Gasteiger partial charge in [-0.2, -0.15) is 0 Å². The molecular formula is C15H23ClN2O2. The molecule has 0 radical (unpaired) electrons. The van der Waals surface area contributed by atoms with E-state index in [4.69, 9.17) is 10.5 Å². The lowest BCUT2D eigenvalue weighted by Crippen LogP contribution is -2.39. The lowest BCUT2D eigenvalue weighted by Gasteiger charge is -2.24. The predicted molar refractivity (Wildman–Crippen MR) is 83.4 cm³/mol. The Hall–Kier alpha value is -1.10. The summed E-state index contributed by atoms with van der Waals surface area (Å²) in [5.74, 6) is 0.0454. The van der Waals surface area contributed by atoms with Crippen LogP contribution in [0, 0.1) is 6.92 Å². The molecule has 1 fully saturated rings. The molecule has 1 aromatic carbocycles. The van der Waals surface area contributed by atoms with Crippen LogP contribution in [0.5, 0.6) is 0 Å². The normalized spacial score (nSPS) is 21.4. The first-order valence-electron chi connectivity index (χ1n) is 6.89. The molecular weight excluding hydrogens is 276 g/mol. The van der Waals surface area contributed by atoms with Crippen molar-refractivity contribution in [3.8, 4) is 0 Å². The summed E-state index contributed by atoms with van der Waals surface area (Å²) >= 11 is 0. The highest BCUT2D eigenvalue weighted by molar-refractivity contribution is 5.96. The third-order valence-electron chi connectivity index (χ3n) is 3.54. The molecule has 1 saturated heterocycles. The molecule has 5 heteroatoms. The Kier molecular flexibility index (Phi) is 6.46. The van der Waals surface area contributed by atoms with Crippen LogP contribution in [0.3, 0.4) is 0 Å². The van der Waals surface area contributed by atoms with Gasteiger partial charge in [0.2, 0.25) is 0 Å². The second-order valence-corrected chi connectivity index (χ2v) is 4.98. The van der Waals surface area contributed by atoms with Crippen molar-refractivity contribution in [2.45, 2.75) is 38.9 Å². The highest BCUT2D eigenvalue weighted by Crippen LogP contribution is 2.24. The fourth-order valence-electron chi connectivity index (χ4n) is 2.50. The number of amides is 1. The van der Waals surface area contributed by atoms with Crippen molar-refractivity contribution in [1.82, 2.24) is 0 Å². The highest BCUT2D eigenvalue weighted by Gasteiger charge is 2.32. The number of benzene rings is 1. The molecule has 0 spiro atoms. The summed E-state index contributed by atoms with van der Waals surface area (Å²) in [5.41, 5.74) is 7.67. The van der Waals surface area contributed by atoms with E-state index in [-0.39, 0.29) is 30.5 Å². The second-order valence-electron chi connectivity index (χ2n) is 4.98. The van der Waals surface area contributed by atoms with E-state index >= 15 is 0 Å². The molecule has 0 aromatic heterocycles. The standard InChI is InChI=1S/C15H22N2O2.ClH/c1-3-17(12-6-4-5-11(2)9-12)15(18)14-8-7-13(10-16)19-14;/h4-6,9,13-14H,3,7-8,10,16H2,1-2H3;1H/t13-,14+;/m1./s1. The lowest BCUT2D eigenvalue weighted by molar-refractivity contribution is -0.129. The molecule has 4 nitrogen and oxygen atoms in total. The molecule has 0 aliphatic carbocycles. The summed E-state index contributed by atoms with van der Waals surface area (Å²) in [6.07, 6.45) is 1.33. The summed E-state index contributed by atoms with van der Waals surface area (Å²) < 4.78 is 5.69. The molecule has 2 N–H and O–H groups in total. The van der Waals surface area contributed by atoms with Crippen LogP contribution in [0.15, 0.2) is 24.3 Å². The fourth-order valence-corrected chi connectivity index (χ4v) is 2.50. The summed E-state index contributed by atoms with van der Waals surface area (Å²) in [4.78, 5) is 14.3. The van der Waals surface area contributed by atoms with Crippen LogP contribution in [-0.2, 0) is 9.53 Å². The summed E-state index contributed by atoms with van der Waals surface area (Å²) in [6.45, 7) is 5.14. The van der Waals surface area contributed by atoms with E-state index < -0.39 is 0 Å². The minimum atomic E-state index is -0.339. The number of hydrogen-bond acceptors (Lipinski definition) is 3. The second kappa shape index (κ2) is 7.62. The number of halogens is 1. The van der Waals surface area contributed by atoms with Gasteiger partial charge in [-0.1, -0.05) is 12.1 Å². The summed E-state index contributed by atoms with van der Waals surface area (Å²) in [7, 11) is 0. The monoisotopic (exact) mass is 298 g/mol. The zero-order valence-corrected chi connectivity index (χ0v) is 12.9. The van der Waals surface area contributed by atoms with Crippen LogP contribution in [0.2, 0.25) is 0 Å². The zero-order chi connectivity index (χ0) is 13.8. The van der Waals surface area contributed by atoms with Gasteiger partial charge in [0, 0.05) is 18.8 Å². The van der Waals surface area contributed by atoms with Gasteiger partial charge in [-0.3, -0.25) is 4.79 Å². The van der Waals surface area contributed by atoms with Gasteiger partial charge in [0.1, 0.15) is 6.10 Å². The third kappa shape index (κ3) is 3.72. The summed E-state index contributed by atoms with van der Waals surface area (Å²) in [5, 5.41) is 0. The van der Waals surface area contributed by atoms with E-state index in [1.165, 1.54) is 0 Å². The Labute approximate surface area is 126 Å². The van der Waals surface area contributed by atoms with Gasteiger partial charge >= 0.3 is 0 Å². The maximum atomic E-state index is 12.5.